The predicted molar refractivity (Wildman–Crippen MR) is 281 cm³/mol. The van der Waals surface area contributed by atoms with Gasteiger partial charge in [0, 0.05) is 9.52 Å². The van der Waals surface area contributed by atoms with Crippen LogP contribution < -0.4 is 0 Å². The van der Waals surface area contributed by atoms with Crippen LogP contribution in [0.1, 0.15) is 176 Å². The third kappa shape index (κ3) is 14.4. The molecule has 2 radical (unpaired) electrons. The van der Waals surface area contributed by atoms with E-state index in [1.165, 1.54) is 198 Å². The molecule has 4 heteroatoms. The number of fused-ring (bicyclic) bond motifs is 2. The normalized spacial score (nSPS) is 17.7. The van der Waals surface area contributed by atoms with Crippen LogP contribution in [0.4, 0.5) is 0 Å². The zero-order valence-corrected chi connectivity index (χ0v) is 44.4. The minimum Gasteiger partial charge on any atom is -0.164 e. The molecule has 0 aliphatic heterocycles. The molecule has 0 unspecified atom stereocenters. The summed E-state index contributed by atoms with van der Waals surface area (Å²) in [6.45, 7) is 4.46. The molecule has 0 aromatic heterocycles. The van der Waals surface area contributed by atoms with Gasteiger partial charge in [0.05, 0.1) is 0 Å². The Morgan fingerprint density at radius 3 is 1.19 bits per heavy atom. The summed E-state index contributed by atoms with van der Waals surface area (Å²) in [5.41, 5.74) is 11.8. The maximum atomic E-state index is 4.93. The van der Waals surface area contributed by atoms with Crippen molar-refractivity contribution in [1.29, 1.82) is 0 Å². The first-order valence-corrected chi connectivity index (χ1v) is 33.8. The number of rotatable bonds is 10. The predicted octanol–water partition coefficient (Wildman–Crippen LogP) is 19.7. The van der Waals surface area contributed by atoms with Gasteiger partial charge in [0.1, 0.15) is 0 Å². The maximum absolute atomic E-state index is 4.93. The van der Waals surface area contributed by atoms with Gasteiger partial charge in [-0.15, -0.1) is 69.1 Å². The van der Waals surface area contributed by atoms with Gasteiger partial charge in [-0.2, -0.15) is 12.1 Å². The summed E-state index contributed by atoms with van der Waals surface area (Å²) in [5.74, 6) is 3.40. The van der Waals surface area contributed by atoms with Crippen molar-refractivity contribution >= 4 is 48.1 Å². The molecule has 10 rings (SSSR count). The van der Waals surface area contributed by atoms with Gasteiger partial charge >= 0.3 is 37.9 Å². The summed E-state index contributed by atoms with van der Waals surface area (Å²) >= 11 is -0.826. The molecule has 64 heavy (non-hydrogen) atoms. The minimum absolute atomic E-state index is 0.791. The summed E-state index contributed by atoms with van der Waals surface area (Å²) < 4.78 is 0. The molecule has 0 N–H and O–H groups in total. The van der Waals surface area contributed by atoms with Crippen LogP contribution in [0.2, 0.25) is 12.6 Å². The van der Waals surface area contributed by atoms with E-state index < -0.39 is 20.8 Å². The molecule has 0 saturated heterocycles. The molecule has 0 amide bonds. The van der Waals surface area contributed by atoms with Crippen LogP contribution >= 0.6 is 17.0 Å². The Bertz CT molecular complexity index is 2050. The topological polar surface area (TPSA) is 0 Å². The van der Waals surface area contributed by atoms with Gasteiger partial charge in [-0.1, -0.05) is 200 Å². The Morgan fingerprint density at radius 1 is 0.500 bits per heavy atom. The molecular formula is C60H76Cl2SiZr. The van der Waals surface area contributed by atoms with Crippen LogP contribution in [-0.2, 0) is 33.7 Å². The van der Waals surface area contributed by atoms with Crippen LogP contribution in [0.3, 0.4) is 0 Å². The molecule has 338 valence electrons. The Labute approximate surface area is 410 Å². The fraction of sp³-hybridized carbons (Fsp3) is 0.500. The van der Waals surface area contributed by atoms with Crippen LogP contribution in [-0.4, -0.2) is 9.52 Å². The number of halogens is 2. The van der Waals surface area contributed by atoms with Crippen molar-refractivity contribution in [3.8, 4) is 22.3 Å². The second-order valence-corrected chi connectivity index (χ2v) is 24.8. The van der Waals surface area contributed by atoms with Gasteiger partial charge in [-0.3, -0.25) is 0 Å². The van der Waals surface area contributed by atoms with Crippen molar-refractivity contribution in [1.82, 2.24) is 0 Å². The van der Waals surface area contributed by atoms with E-state index in [1.54, 1.807) is 22.3 Å². The molecule has 4 aliphatic carbocycles. The third-order valence-corrected chi connectivity index (χ3v) is 16.2. The molecule has 0 bridgehead atoms. The first-order valence-electron chi connectivity index (χ1n) is 25.7. The molecule has 0 atom stereocenters. The van der Waals surface area contributed by atoms with Gasteiger partial charge in [0.15, 0.2) is 0 Å². The second-order valence-electron chi connectivity index (χ2n) is 19.8. The summed E-state index contributed by atoms with van der Waals surface area (Å²) in [4.78, 5) is 0. The van der Waals surface area contributed by atoms with E-state index in [-0.39, 0.29) is 0 Å². The largest absolute Gasteiger partial charge is 0.164 e. The van der Waals surface area contributed by atoms with E-state index in [0.29, 0.717) is 0 Å². The van der Waals surface area contributed by atoms with Crippen molar-refractivity contribution in [3.63, 3.8) is 0 Å². The van der Waals surface area contributed by atoms with Gasteiger partial charge in [0.2, 0.25) is 0 Å². The Hall–Kier alpha value is -2.22. The Balaban J connectivity index is 0.000000164. The minimum atomic E-state index is -0.826. The van der Waals surface area contributed by atoms with Crippen molar-refractivity contribution < 1.29 is 20.8 Å². The van der Waals surface area contributed by atoms with Gasteiger partial charge in [-0.25, -0.2) is 0 Å². The Morgan fingerprint density at radius 2 is 0.859 bits per heavy atom. The van der Waals surface area contributed by atoms with Crippen molar-refractivity contribution in [2.24, 2.45) is 11.8 Å². The molecule has 4 saturated carbocycles. The average Bonchev–Trinajstić information content (AvgIpc) is 3.97. The average molecular weight is 987 g/mol. The SMILES string of the molecule is CCC[Si]C.[Cl][Zr+2][Cl].c1cc(-c2ccc(C3CCCCC3)cc2)c2cc(CC3CCCCC3)[cH-]c2c1.c1cc(-c2ccc(C3CCCCC3)cc2)c2cc(CC3CCCCC3)[cH-]c2c1. The first-order chi connectivity index (χ1) is 31.6. The van der Waals surface area contributed by atoms with Crippen LogP contribution in [0.25, 0.3) is 43.8 Å². The van der Waals surface area contributed by atoms with Gasteiger partial charge in [0.25, 0.3) is 0 Å². The standard InChI is InChI=1S/2C28H33.C4H10Si.2ClH.Zr/c2*1-3-8-21(9-4-1)18-22-19-26-12-7-13-27(28(26)20-22)25-16-14-24(15-17-25)23-10-5-2-6-11-23;1-3-4-5-2;;;/h2*7,12-17,19-21,23H,1-6,8-11,18H2;3-4H2,1-2H3;2*1H;/q2*-1;;;;+4/p-2. The van der Waals surface area contributed by atoms with Crippen LogP contribution in [0, 0.1) is 11.8 Å². The summed E-state index contributed by atoms with van der Waals surface area (Å²) in [6, 6.07) is 44.0. The third-order valence-electron chi connectivity index (χ3n) is 15.2. The number of hydrogen-bond donors (Lipinski definition) is 0. The van der Waals surface area contributed by atoms with Crippen molar-refractivity contribution in [2.45, 2.75) is 179 Å². The first kappa shape index (κ1) is 49.7. The van der Waals surface area contributed by atoms with Crippen LogP contribution in [0.5, 0.6) is 0 Å². The summed E-state index contributed by atoms with van der Waals surface area (Å²) in [5, 5.41) is 5.72. The Kier molecular flexibility index (Phi) is 20.9. The fourth-order valence-corrected chi connectivity index (χ4v) is 12.3. The zero-order valence-electron chi connectivity index (χ0n) is 39.4. The zero-order chi connectivity index (χ0) is 44.4. The second kappa shape index (κ2) is 26.9. The fourth-order valence-electron chi connectivity index (χ4n) is 11.8. The monoisotopic (exact) mass is 984 g/mol. The molecule has 4 fully saturated rings. The number of benzene rings is 4. The van der Waals surface area contributed by atoms with E-state index >= 15 is 0 Å². The van der Waals surface area contributed by atoms with Crippen molar-refractivity contribution in [2.75, 3.05) is 0 Å². The van der Waals surface area contributed by atoms with E-state index in [4.69, 9.17) is 17.0 Å². The molecular weight excluding hydrogens is 911 g/mol. The van der Waals surface area contributed by atoms with E-state index in [0.717, 1.165) is 33.2 Å². The van der Waals surface area contributed by atoms with Gasteiger partial charge < -0.3 is 0 Å². The quantitative estimate of drug-likeness (QED) is 0.0948. The maximum Gasteiger partial charge on any atom is -0.0162 e. The van der Waals surface area contributed by atoms with Crippen LogP contribution in [0.15, 0.2) is 109 Å². The van der Waals surface area contributed by atoms with Crippen molar-refractivity contribution in [3.05, 3.63) is 131 Å². The van der Waals surface area contributed by atoms with Gasteiger partial charge in [-0.05, 0) is 84.5 Å². The molecule has 0 spiro atoms. The smallest absolute Gasteiger partial charge is 0.0162 e. The molecule has 0 heterocycles. The van der Waals surface area contributed by atoms with E-state index in [1.807, 2.05) is 0 Å². The molecule has 6 aromatic rings. The molecule has 0 nitrogen and oxygen atoms in total. The molecule has 6 aromatic carbocycles. The van der Waals surface area contributed by atoms with E-state index in [2.05, 4.69) is 123 Å². The molecule has 4 aliphatic rings. The van der Waals surface area contributed by atoms with E-state index in [9.17, 15) is 0 Å². The summed E-state index contributed by atoms with van der Waals surface area (Å²) in [7, 11) is 11.0. The summed E-state index contributed by atoms with van der Waals surface area (Å²) in [6.07, 6.45) is 32.2. The number of hydrogen-bond acceptors (Lipinski definition) is 0.